The Bertz CT molecular complexity index is 649. The number of guanidine groups is 1. The van der Waals surface area contributed by atoms with E-state index in [2.05, 4.69) is 32.7 Å². The maximum Gasteiger partial charge on any atom is 0.191 e. The maximum atomic E-state index is 9.21. The number of aliphatic imine (C=N–C) groups is 1. The summed E-state index contributed by atoms with van der Waals surface area (Å²) in [6.45, 7) is 6.45. The van der Waals surface area contributed by atoms with Crippen LogP contribution in [-0.4, -0.2) is 45.5 Å². The number of hydrogen-bond donors (Lipinski definition) is 3. The van der Waals surface area contributed by atoms with Gasteiger partial charge in [-0.1, -0.05) is 31.5 Å². The topological polar surface area (TPSA) is 87.4 Å². The van der Waals surface area contributed by atoms with Crippen molar-refractivity contribution in [2.45, 2.75) is 39.7 Å². The molecule has 3 N–H and O–H groups in total. The fourth-order valence-electron chi connectivity index (χ4n) is 2.84. The zero-order chi connectivity index (χ0) is 18.6. The lowest BCUT2D eigenvalue weighted by Gasteiger charge is -2.18. The molecule has 0 fully saturated rings. The summed E-state index contributed by atoms with van der Waals surface area (Å²) in [5.41, 5.74) is 1.02. The molecule has 0 amide bonds. The molecule has 1 atom stereocenters. The van der Waals surface area contributed by atoms with Crippen LogP contribution in [0.2, 0.25) is 0 Å². The summed E-state index contributed by atoms with van der Waals surface area (Å²) >= 11 is 0. The third-order valence-electron chi connectivity index (χ3n) is 4.17. The first-order valence-electron chi connectivity index (χ1n) is 9.35. The van der Waals surface area contributed by atoms with Crippen molar-refractivity contribution in [2.75, 3.05) is 19.7 Å². The highest BCUT2D eigenvalue weighted by Gasteiger charge is 2.09. The molecule has 1 aromatic heterocycles. The van der Waals surface area contributed by atoms with Gasteiger partial charge in [0.05, 0.1) is 0 Å². The fourth-order valence-corrected chi connectivity index (χ4v) is 2.84. The van der Waals surface area contributed by atoms with E-state index in [0.29, 0.717) is 12.5 Å². The van der Waals surface area contributed by atoms with Crippen LogP contribution in [0.15, 0.2) is 41.7 Å². The average Bonchev–Trinajstić information content (AvgIpc) is 3.13. The van der Waals surface area contributed by atoms with Crippen LogP contribution in [0.3, 0.4) is 0 Å². The molecule has 0 aliphatic carbocycles. The number of aliphatic hydroxyl groups excluding tert-OH is 1. The molecule has 26 heavy (non-hydrogen) atoms. The molecule has 7 heteroatoms. The third-order valence-corrected chi connectivity index (χ3v) is 4.17. The van der Waals surface area contributed by atoms with E-state index in [1.165, 1.54) is 0 Å². The third kappa shape index (κ3) is 6.15. The van der Waals surface area contributed by atoms with Crippen LogP contribution in [-0.2, 0) is 6.54 Å². The van der Waals surface area contributed by atoms with Gasteiger partial charge in [-0.15, -0.1) is 10.2 Å². The SMILES string of the molecule is CCCC(CCO)CNC(=NCc1nncn1-c1ccccc1)NCC. The van der Waals surface area contributed by atoms with Crippen molar-refractivity contribution in [3.05, 3.63) is 42.5 Å². The molecule has 2 aromatic rings. The number of hydrogen-bond acceptors (Lipinski definition) is 4. The van der Waals surface area contributed by atoms with Crippen molar-refractivity contribution in [2.24, 2.45) is 10.9 Å². The molecule has 0 saturated heterocycles. The Balaban J connectivity index is 2.02. The van der Waals surface area contributed by atoms with Crippen LogP contribution < -0.4 is 10.6 Å². The number of aromatic nitrogens is 3. The lowest BCUT2D eigenvalue weighted by atomic mass is 10.0. The molecule has 0 spiro atoms. The Morgan fingerprint density at radius 2 is 2.00 bits per heavy atom. The molecule has 2 rings (SSSR count). The first-order chi connectivity index (χ1) is 12.8. The molecular formula is C19H30N6O. The van der Waals surface area contributed by atoms with Crippen LogP contribution in [0.4, 0.5) is 0 Å². The normalized spacial score (nSPS) is 12.8. The van der Waals surface area contributed by atoms with Crippen LogP contribution in [0, 0.1) is 5.92 Å². The molecule has 1 aromatic carbocycles. The van der Waals surface area contributed by atoms with Gasteiger partial charge < -0.3 is 15.7 Å². The highest BCUT2D eigenvalue weighted by molar-refractivity contribution is 5.79. The molecule has 0 bridgehead atoms. The zero-order valence-corrected chi connectivity index (χ0v) is 15.7. The fraction of sp³-hybridized carbons (Fsp3) is 0.526. The second-order valence-corrected chi connectivity index (χ2v) is 6.20. The second kappa shape index (κ2) is 11.3. The first-order valence-corrected chi connectivity index (χ1v) is 9.35. The van der Waals surface area contributed by atoms with E-state index in [4.69, 9.17) is 0 Å². The quantitative estimate of drug-likeness (QED) is 0.447. The number of benzene rings is 1. The summed E-state index contributed by atoms with van der Waals surface area (Å²) < 4.78 is 1.94. The predicted octanol–water partition coefficient (Wildman–Crippen LogP) is 2.12. The molecule has 1 unspecified atom stereocenters. The van der Waals surface area contributed by atoms with E-state index in [-0.39, 0.29) is 6.61 Å². The monoisotopic (exact) mass is 358 g/mol. The summed E-state index contributed by atoms with van der Waals surface area (Å²) in [6.07, 6.45) is 4.72. The van der Waals surface area contributed by atoms with Crippen LogP contribution >= 0.6 is 0 Å². The van der Waals surface area contributed by atoms with Crippen molar-refractivity contribution < 1.29 is 5.11 Å². The number of nitrogens with one attached hydrogen (secondary N) is 2. The van der Waals surface area contributed by atoms with E-state index in [0.717, 1.165) is 49.8 Å². The minimum Gasteiger partial charge on any atom is -0.396 e. The number of nitrogens with zero attached hydrogens (tertiary/aromatic N) is 4. The first kappa shape index (κ1) is 19.9. The summed E-state index contributed by atoms with van der Waals surface area (Å²) in [5, 5.41) is 24.1. The Kier molecular flexibility index (Phi) is 8.62. The van der Waals surface area contributed by atoms with E-state index >= 15 is 0 Å². The van der Waals surface area contributed by atoms with Crippen LogP contribution in [0.25, 0.3) is 5.69 Å². The van der Waals surface area contributed by atoms with E-state index < -0.39 is 0 Å². The average molecular weight is 358 g/mol. The molecule has 0 saturated carbocycles. The van der Waals surface area contributed by atoms with Crippen LogP contribution in [0.1, 0.15) is 38.9 Å². The minimum absolute atomic E-state index is 0.222. The molecule has 0 aliphatic rings. The van der Waals surface area contributed by atoms with E-state index in [9.17, 15) is 5.11 Å². The maximum absolute atomic E-state index is 9.21. The number of para-hydroxylation sites is 1. The second-order valence-electron chi connectivity index (χ2n) is 6.20. The molecule has 7 nitrogen and oxygen atoms in total. The van der Waals surface area contributed by atoms with Crippen molar-refractivity contribution in [1.82, 2.24) is 25.4 Å². The van der Waals surface area contributed by atoms with Gasteiger partial charge in [0.25, 0.3) is 0 Å². The Morgan fingerprint density at radius 3 is 2.69 bits per heavy atom. The highest BCUT2D eigenvalue weighted by Crippen LogP contribution is 2.10. The van der Waals surface area contributed by atoms with Gasteiger partial charge >= 0.3 is 0 Å². The van der Waals surface area contributed by atoms with Gasteiger partial charge in [0.2, 0.25) is 0 Å². The van der Waals surface area contributed by atoms with Gasteiger partial charge in [-0.25, -0.2) is 4.99 Å². The molecule has 142 valence electrons. The van der Waals surface area contributed by atoms with Gasteiger partial charge in [-0.05, 0) is 37.8 Å². The van der Waals surface area contributed by atoms with Crippen molar-refractivity contribution >= 4 is 5.96 Å². The predicted molar refractivity (Wildman–Crippen MR) is 104 cm³/mol. The van der Waals surface area contributed by atoms with Gasteiger partial charge in [-0.2, -0.15) is 0 Å². The van der Waals surface area contributed by atoms with E-state index in [1.54, 1.807) is 6.33 Å². The largest absolute Gasteiger partial charge is 0.396 e. The Labute approximate surface area is 155 Å². The summed E-state index contributed by atoms with van der Waals surface area (Å²) in [5.74, 6) is 1.99. The summed E-state index contributed by atoms with van der Waals surface area (Å²) in [7, 11) is 0. The molecule has 0 aliphatic heterocycles. The number of rotatable bonds is 10. The minimum atomic E-state index is 0.222. The van der Waals surface area contributed by atoms with Crippen molar-refractivity contribution in [3.8, 4) is 5.69 Å². The number of aliphatic hydroxyl groups is 1. The van der Waals surface area contributed by atoms with Crippen molar-refractivity contribution in [3.63, 3.8) is 0 Å². The molecule has 0 radical (unpaired) electrons. The summed E-state index contributed by atoms with van der Waals surface area (Å²) in [6, 6.07) is 10.00. The highest BCUT2D eigenvalue weighted by atomic mass is 16.3. The van der Waals surface area contributed by atoms with Gasteiger partial charge in [-0.3, -0.25) is 4.57 Å². The lowest BCUT2D eigenvalue weighted by molar-refractivity contribution is 0.251. The Hall–Kier alpha value is -2.41. The zero-order valence-electron chi connectivity index (χ0n) is 15.7. The van der Waals surface area contributed by atoms with E-state index in [1.807, 2.05) is 41.8 Å². The van der Waals surface area contributed by atoms with Crippen molar-refractivity contribution in [1.29, 1.82) is 0 Å². The van der Waals surface area contributed by atoms with Gasteiger partial charge in [0.1, 0.15) is 12.9 Å². The standard InChI is InChI=1S/C19H30N6O/c1-3-8-16(11-12-26)13-21-19(20-4-2)22-14-18-24-23-15-25(18)17-9-6-5-7-10-17/h5-7,9-10,15-16,26H,3-4,8,11-14H2,1-2H3,(H2,20,21,22). The lowest BCUT2D eigenvalue weighted by Crippen LogP contribution is -2.40. The summed E-state index contributed by atoms with van der Waals surface area (Å²) in [4.78, 5) is 4.64. The Morgan fingerprint density at radius 1 is 1.19 bits per heavy atom. The van der Waals surface area contributed by atoms with Gasteiger partial charge in [0, 0.05) is 25.4 Å². The molecule has 1 heterocycles. The van der Waals surface area contributed by atoms with Crippen LogP contribution in [0.5, 0.6) is 0 Å². The smallest absolute Gasteiger partial charge is 0.191 e. The van der Waals surface area contributed by atoms with Gasteiger partial charge in [0.15, 0.2) is 11.8 Å². The molecular weight excluding hydrogens is 328 g/mol.